The Hall–Kier alpha value is -2.65. The van der Waals surface area contributed by atoms with E-state index < -0.39 is 36.5 Å². The van der Waals surface area contributed by atoms with Crippen molar-refractivity contribution in [3.05, 3.63) is 24.3 Å². The van der Waals surface area contributed by atoms with Gasteiger partial charge in [-0.2, -0.15) is 0 Å². The first-order valence-corrected chi connectivity index (χ1v) is 7.88. The third-order valence-corrected chi connectivity index (χ3v) is 3.82. The first kappa shape index (κ1) is 18.7. The standard InChI is InChI=1S/C16H21N3O6/c17-7-3-4-10(16(23)24)18-11-9-25-13-6-2-1-5-12(13)19(15(11)22)8-14(20)21/h1-2,5-6,10-11,18H,3-4,7-9,17H2,(H,20,21)(H,23,24)/t10-,11?/m0/s1. The summed E-state index contributed by atoms with van der Waals surface area (Å²) in [4.78, 5) is 36.4. The highest BCUT2D eigenvalue weighted by Crippen LogP contribution is 2.31. The number of nitrogens with two attached hydrogens (primary N) is 1. The number of para-hydroxylation sites is 2. The van der Waals surface area contributed by atoms with E-state index in [0.29, 0.717) is 24.4 Å². The summed E-state index contributed by atoms with van der Waals surface area (Å²) in [5.74, 6) is -2.46. The van der Waals surface area contributed by atoms with Crippen LogP contribution in [0.3, 0.4) is 0 Å². The zero-order valence-corrected chi connectivity index (χ0v) is 13.6. The fraction of sp³-hybridized carbons (Fsp3) is 0.438. The molecule has 1 aliphatic heterocycles. The van der Waals surface area contributed by atoms with Crippen LogP contribution in [-0.4, -0.2) is 59.8 Å². The molecule has 1 heterocycles. The van der Waals surface area contributed by atoms with Crippen molar-refractivity contribution in [3.8, 4) is 5.75 Å². The summed E-state index contributed by atoms with van der Waals surface area (Å²) in [5.41, 5.74) is 5.75. The molecule has 1 aromatic carbocycles. The number of benzene rings is 1. The lowest BCUT2D eigenvalue weighted by atomic mass is 10.1. The SMILES string of the molecule is NCCC[C@H](NC1COc2ccccc2N(CC(=O)O)C1=O)C(=O)O. The smallest absolute Gasteiger partial charge is 0.323 e. The van der Waals surface area contributed by atoms with Crippen molar-refractivity contribution in [1.29, 1.82) is 0 Å². The van der Waals surface area contributed by atoms with Crippen LogP contribution in [0.15, 0.2) is 24.3 Å². The number of anilines is 1. The Morgan fingerprint density at radius 3 is 2.72 bits per heavy atom. The van der Waals surface area contributed by atoms with Gasteiger partial charge in [0, 0.05) is 0 Å². The number of carbonyl (C=O) groups is 3. The number of nitrogens with zero attached hydrogens (tertiary/aromatic N) is 1. The number of fused-ring (bicyclic) bond motifs is 1. The van der Waals surface area contributed by atoms with E-state index >= 15 is 0 Å². The molecule has 136 valence electrons. The number of hydrogen-bond donors (Lipinski definition) is 4. The molecule has 1 unspecified atom stereocenters. The third-order valence-electron chi connectivity index (χ3n) is 3.82. The van der Waals surface area contributed by atoms with E-state index in [1.54, 1.807) is 24.3 Å². The molecule has 0 radical (unpaired) electrons. The molecule has 0 saturated carbocycles. The van der Waals surface area contributed by atoms with Gasteiger partial charge in [-0.05, 0) is 31.5 Å². The molecule has 0 aliphatic carbocycles. The summed E-state index contributed by atoms with van der Waals surface area (Å²) in [5, 5.41) is 21.2. The average Bonchev–Trinajstić information content (AvgIpc) is 2.70. The molecule has 9 heteroatoms. The Bertz CT molecular complexity index is 651. The highest BCUT2D eigenvalue weighted by Gasteiger charge is 2.35. The van der Waals surface area contributed by atoms with Crippen LogP contribution in [0.2, 0.25) is 0 Å². The van der Waals surface area contributed by atoms with E-state index in [0.717, 1.165) is 4.90 Å². The summed E-state index contributed by atoms with van der Waals surface area (Å²) >= 11 is 0. The summed E-state index contributed by atoms with van der Waals surface area (Å²) < 4.78 is 5.59. The summed E-state index contributed by atoms with van der Waals surface area (Å²) in [7, 11) is 0. The van der Waals surface area contributed by atoms with E-state index in [9.17, 15) is 19.5 Å². The van der Waals surface area contributed by atoms with Crippen molar-refractivity contribution in [2.45, 2.75) is 24.9 Å². The van der Waals surface area contributed by atoms with Gasteiger partial charge in [0.25, 0.3) is 0 Å². The highest BCUT2D eigenvalue weighted by atomic mass is 16.5. The second-order valence-electron chi connectivity index (χ2n) is 5.64. The van der Waals surface area contributed by atoms with Crippen LogP contribution < -0.4 is 20.7 Å². The summed E-state index contributed by atoms with van der Waals surface area (Å²) in [6.07, 6.45) is 0.728. The van der Waals surface area contributed by atoms with Crippen molar-refractivity contribution in [2.24, 2.45) is 5.73 Å². The monoisotopic (exact) mass is 351 g/mol. The average molecular weight is 351 g/mol. The zero-order chi connectivity index (χ0) is 18.4. The lowest BCUT2D eigenvalue weighted by Crippen LogP contribution is -2.54. The largest absolute Gasteiger partial charge is 0.489 e. The van der Waals surface area contributed by atoms with E-state index in [-0.39, 0.29) is 13.0 Å². The molecule has 0 bridgehead atoms. The van der Waals surface area contributed by atoms with Crippen molar-refractivity contribution in [3.63, 3.8) is 0 Å². The fourth-order valence-electron chi connectivity index (χ4n) is 2.61. The minimum Gasteiger partial charge on any atom is -0.489 e. The molecular weight excluding hydrogens is 330 g/mol. The maximum absolute atomic E-state index is 12.8. The van der Waals surface area contributed by atoms with Gasteiger partial charge in [0.2, 0.25) is 5.91 Å². The predicted octanol–water partition coefficient (Wildman–Crippen LogP) is -0.353. The summed E-state index contributed by atoms with van der Waals surface area (Å²) in [6, 6.07) is 4.63. The number of carbonyl (C=O) groups excluding carboxylic acids is 1. The van der Waals surface area contributed by atoms with E-state index in [1.165, 1.54) is 0 Å². The lowest BCUT2D eigenvalue weighted by molar-refractivity contribution is -0.141. The molecule has 0 saturated heterocycles. The van der Waals surface area contributed by atoms with Gasteiger partial charge >= 0.3 is 11.9 Å². The Balaban J connectivity index is 2.25. The van der Waals surface area contributed by atoms with Gasteiger partial charge in [-0.3, -0.25) is 24.6 Å². The number of nitrogens with one attached hydrogen (secondary N) is 1. The van der Waals surface area contributed by atoms with Crippen LogP contribution in [0.5, 0.6) is 5.75 Å². The summed E-state index contributed by atoms with van der Waals surface area (Å²) in [6.45, 7) is -0.312. The van der Waals surface area contributed by atoms with Crippen LogP contribution in [0.25, 0.3) is 0 Å². The molecule has 0 fully saturated rings. The van der Waals surface area contributed by atoms with Crippen molar-refractivity contribution in [2.75, 3.05) is 24.6 Å². The van der Waals surface area contributed by atoms with E-state index in [2.05, 4.69) is 5.32 Å². The molecular formula is C16H21N3O6. The number of amides is 1. The number of rotatable bonds is 8. The predicted molar refractivity (Wildman–Crippen MR) is 88.6 cm³/mol. The number of carboxylic acids is 2. The Morgan fingerprint density at radius 2 is 2.08 bits per heavy atom. The maximum atomic E-state index is 12.8. The minimum atomic E-state index is -1.18. The Kier molecular flexibility index (Phi) is 6.31. The highest BCUT2D eigenvalue weighted by molar-refractivity contribution is 6.02. The molecule has 0 aromatic heterocycles. The normalized spacial score (nSPS) is 18.0. The van der Waals surface area contributed by atoms with Gasteiger partial charge in [-0.25, -0.2) is 0 Å². The quantitative estimate of drug-likeness (QED) is 0.498. The molecule has 1 aromatic rings. The third kappa shape index (κ3) is 4.68. The van der Waals surface area contributed by atoms with Gasteiger partial charge in [0.1, 0.15) is 31.0 Å². The minimum absolute atomic E-state index is 0.0988. The van der Waals surface area contributed by atoms with Crippen LogP contribution in [0, 0.1) is 0 Å². The van der Waals surface area contributed by atoms with E-state index in [1.807, 2.05) is 0 Å². The molecule has 0 spiro atoms. The Morgan fingerprint density at radius 1 is 1.36 bits per heavy atom. The van der Waals surface area contributed by atoms with Gasteiger partial charge in [-0.15, -0.1) is 0 Å². The van der Waals surface area contributed by atoms with Crippen LogP contribution >= 0.6 is 0 Å². The van der Waals surface area contributed by atoms with Gasteiger partial charge in [0.05, 0.1) is 5.69 Å². The second-order valence-corrected chi connectivity index (χ2v) is 5.64. The first-order chi connectivity index (χ1) is 11.9. The molecule has 25 heavy (non-hydrogen) atoms. The molecule has 2 atom stereocenters. The van der Waals surface area contributed by atoms with E-state index in [4.69, 9.17) is 15.6 Å². The molecule has 9 nitrogen and oxygen atoms in total. The van der Waals surface area contributed by atoms with Crippen LogP contribution in [0.4, 0.5) is 5.69 Å². The van der Waals surface area contributed by atoms with Crippen molar-refractivity contribution >= 4 is 23.5 Å². The number of aliphatic carboxylic acids is 2. The topological polar surface area (TPSA) is 142 Å². The molecule has 1 amide bonds. The van der Waals surface area contributed by atoms with Gasteiger partial charge in [-0.1, -0.05) is 12.1 Å². The van der Waals surface area contributed by atoms with Crippen molar-refractivity contribution in [1.82, 2.24) is 5.32 Å². The van der Waals surface area contributed by atoms with Crippen LogP contribution in [-0.2, 0) is 14.4 Å². The maximum Gasteiger partial charge on any atom is 0.323 e. The van der Waals surface area contributed by atoms with Crippen LogP contribution in [0.1, 0.15) is 12.8 Å². The first-order valence-electron chi connectivity index (χ1n) is 7.88. The van der Waals surface area contributed by atoms with Crippen molar-refractivity contribution < 1.29 is 29.3 Å². The fourth-order valence-corrected chi connectivity index (χ4v) is 2.61. The lowest BCUT2D eigenvalue weighted by Gasteiger charge is -2.25. The molecule has 1 aliphatic rings. The number of ether oxygens (including phenoxy) is 1. The van der Waals surface area contributed by atoms with Gasteiger partial charge in [0.15, 0.2) is 0 Å². The zero-order valence-electron chi connectivity index (χ0n) is 13.6. The number of hydrogen-bond acceptors (Lipinski definition) is 6. The molecule has 2 rings (SSSR count). The second kappa shape index (κ2) is 8.45. The number of carboxylic acid groups (broad SMARTS) is 2. The Labute approximate surface area is 144 Å². The van der Waals surface area contributed by atoms with Gasteiger partial charge < -0.3 is 20.7 Å². The molecule has 5 N–H and O–H groups in total.